The van der Waals surface area contributed by atoms with E-state index in [0.29, 0.717) is 44.9 Å². The Morgan fingerprint density at radius 3 is 2.74 bits per heavy atom. The van der Waals surface area contributed by atoms with Crippen molar-refractivity contribution in [2.45, 2.75) is 88.8 Å². The lowest BCUT2D eigenvalue weighted by molar-refractivity contribution is -0.138. The van der Waals surface area contributed by atoms with Crippen molar-refractivity contribution in [1.82, 2.24) is 10.2 Å². The number of nitrogens with one attached hydrogen (secondary N) is 1. The maximum Gasteiger partial charge on any atom is 0.222 e. The average Bonchev–Trinajstić information content (AvgIpc) is 2.89. The number of benzene rings is 1. The average molecular weight is 555 g/mol. The summed E-state index contributed by atoms with van der Waals surface area (Å²) in [5.41, 5.74) is -1.75. The van der Waals surface area contributed by atoms with Crippen molar-refractivity contribution in [2.24, 2.45) is 17.8 Å². The molecule has 2 fully saturated rings. The molecule has 8 heteroatoms. The van der Waals surface area contributed by atoms with E-state index in [0.717, 1.165) is 57.9 Å². The minimum Gasteiger partial charge on any atom is -0.390 e. The molecule has 3 rings (SSSR count). The molecule has 1 saturated heterocycles. The number of carbonyl (C=O) groups is 1. The van der Waals surface area contributed by atoms with Gasteiger partial charge in [0.15, 0.2) is 0 Å². The molecule has 0 unspecified atom stereocenters. The maximum absolute atomic E-state index is 15.2. The molecule has 216 valence electrons. The Bertz CT molecular complexity index is 891. The molecule has 2 aliphatic rings. The van der Waals surface area contributed by atoms with Crippen LogP contribution in [0.3, 0.4) is 0 Å². The second kappa shape index (κ2) is 14.4. The third-order valence-corrected chi connectivity index (χ3v) is 9.12. The van der Waals surface area contributed by atoms with Crippen LogP contribution in [0.2, 0.25) is 5.02 Å². The second-order valence-corrected chi connectivity index (χ2v) is 12.4. The number of piperidine rings is 1. The Labute approximate surface area is 233 Å². The van der Waals surface area contributed by atoms with Gasteiger partial charge < -0.3 is 25.2 Å². The topological polar surface area (TPSA) is 82.0 Å². The highest BCUT2D eigenvalue weighted by molar-refractivity contribution is 6.30. The molecule has 1 heterocycles. The first-order valence-corrected chi connectivity index (χ1v) is 14.8. The van der Waals surface area contributed by atoms with Crippen molar-refractivity contribution < 1.29 is 24.1 Å². The van der Waals surface area contributed by atoms with E-state index in [-0.39, 0.29) is 28.3 Å². The number of nitrogens with zero attached hydrogens (tertiary/aromatic N) is 1. The van der Waals surface area contributed by atoms with Gasteiger partial charge in [-0.05, 0) is 103 Å². The Hall–Kier alpha value is -1.25. The predicted molar refractivity (Wildman–Crippen MR) is 150 cm³/mol. The summed E-state index contributed by atoms with van der Waals surface area (Å²) in [6.07, 6.45) is 8.36. The molecule has 1 saturated carbocycles. The number of ether oxygens (including phenoxy) is 1. The first-order valence-electron chi connectivity index (χ1n) is 14.4. The van der Waals surface area contributed by atoms with Crippen LogP contribution in [0.5, 0.6) is 0 Å². The Morgan fingerprint density at radius 1 is 1.32 bits per heavy atom. The van der Waals surface area contributed by atoms with Crippen molar-refractivity contribution in [3.05, 3.63) is 34.6 Å². The van der Waals surface area contributed by atoms with Gasteiger partial charge in [0.1, 0.15) is 5.82 Å². The fraction of sp³-hybridized carbons (Fsp3) is 0.767. The van der Waals surface area contributed by atoms with Crippen molar-refractivity contribution in [3.8, 4) is 0 Å². The van der Waals surface area contributed by atoms with Gasteiger partial charge in [-0.3, -0.25) is 4.79 Å². The van der Waals surface area contributed by atoms with E-state index >= 15 is 4.39 Å². The highest BCUT2D eigenvalue weighted by Crippen LogP contribution is 2.42. The van der Waals surface area contributed by atoms with Crippen LogP contribution in [0, 0.1) is 23.6 Å². The highest BCUT2D eigenvalue weighted by Gasteiger charge is 2.43. The molecule has 0 bridgehead atoms. The van der Waals surface area contributed by atoms with Crippen LogP contribution in [0.4, 0.5) is 4.39 Å². The van der Waals surface area contributed by atoms with Gasteiger partial charge in [-0.15, -0.1) is 0 Å². The molecule has 1 aliphatic carbocycles. The molecule has 1 amide bonds. The maximum atomic E-state index is 15.2. The van der Waals surface area contributed by atoms with Gasteiger partial charge in [-0.2, -0.15) is 0 Å². The summed E-state index contributed by atoms with van der Waals surface area (Å²) >= 11 is 6.11. The number of amides is 1. The third-order valence-electron chi connectivity index (χ3n) is 8.83. The normalized spacial score (nSPS) is 26.7. The quantitative estimate of drug-likeness (QED) is 0.289. The fourth-order valence-corrected chi connectivity index (χ4v) is 6.72. The number of rotatable bonds is 13. The van der Waals surface area contributed by atoms with Crippen molar-refractivity contribution in [1.29, 1.82) is 0 Å². The van der Waals surface area contributed by atoms with Gasteiger partial charge >= 0.3 is 0 Å². The smallest absolute Gasteiger partial charge is 0.222 e. The molecule has 38 heavy (non-hydrogen) atoms. The van der Waals surface area contributed by atoms with E-state index in [1.807, 2.05) is 18.9 Å². The Kier molecular flexibility index (Phi) is 11.9. The Balaban J connectivity index is 1.70. The SMILES string of the molecule is CNC[C@@H](CC(=O)N1CCC[C@@H]([C@@](O)(CCCCOC)c2cccc(Cl)c2F)C1)CC1CCC(C)(O)CC1. The van der Waals surface area contributed by atoms with Gasteiger partial charge in [-0.1, -0.05) is 23.7 Å². The summed E-state index contributed by atoms with van der Waals surface area (Å²) in [6, 6.07) is 4.81. The van der Waals surface area contributed by atoms with E-state index in [1.165, 1.54) is 6.07 Å². The standard InChI is InChI=1S/C30H48ClFN2O4/c1-29(36)14-11-22(12-15-29)18-23(20-33-2)19-27(35)34-16-7-8-24(21-34)30(37,13-4-5-17-38-3)25-9-6-10-26(31)28(25)32/h6,9-10,22-24,33,36-37H,4-5,7-8,11-21H2,1-3H3/t22?,23-,24-,29?,30+/m1/s1. The molecule has 1 aromatic rings. The van der Waals surface area contributed by atoms with Crippen molar-refractivity contribution in [2.75, 3.05) is 40.4 Å². The van der Waals surface area contributed by atoms with Gasteiger partial charge in [0.2, 0.25) is 5.91 Å². The molecule has 3 N–H and O–H groups in total. The molecule has 0 spiro atoms. The lowest BCUT2D eigenvalue weighted by Gasteiger charge is -2.43. The van der Waals surface area contributed by atoms with E-state index < -0.39 is 17.0 Å². The van der Waals surface area contributed by atoms with Gasteiger partial charge in [0.05, 0.1) is 16.2 Å². The molecule has 1 aliphatic heterocycles. The van der Waals surface area contributed by atoms with Gasteiger partial charge in [0.25, 0.3) is 0 Å². The number of hydrogen-bond acceptors (Lipinski definition) is 5. The van der Waals surface area contributed by atoms with Crippen molar-refractivity contribution in [3.63, 3.8) is 0 Å². The lowest BCUT2D eigenvalue weighted by atomic mass is 9.73. The summed E-state index contributed by atoms with van der Waals surface area (Å²) < 4.78 is 20.4. The first-order chi connectivity index (χ1) is 18.1. The first kappa shape index (κ1) is 31.3. The third kappa shape index (κ3) is 8.37. The van der Waals surface area contributed by atoms with Crippen molar-refractivity contribution >= 4 is 17.5 Å². The van der Waals surface area contributed by atoms with Gasteiger partial charge in [-0.25, -0.2) is 4.39 Å². The van der Waals surface area contributed by atoms with E-state index in [4.69, 9.17) is 16.3 Å². The van der Waals surface area contributed by atoms with Gasteiger partial charge in [0, 0.05) is 44.7 Å². The van der Waals surface area contributed by atoms with E-state index in [2.05, 4.69) is 5.32 Å². The molecule has 3 atom stereocenters. The molecule has 0 aromatic heterocycles. The summed E-state index contributed by atoms with van der Waals surface area (Å²) in [7, 11) is 3.57. The van der Waals surface area contributed by atoms with Crippen LogP contribution < -0.4 is 5.32 Å². The Morgan fingerprint density at radius 2 is 2.05 bits per heavy atom. The highest BCUT2D eigenvalue weighted by atomic mass is 35.5. The zero-order chi connectivity index (χ0) is 27.8. The number of methoxy groups -OCH3 is 1. The molecular formula is C30H48ClFN2O4. The number of halogens is 2. The summed E-state index contributed by atoms with van der Waals surface area (Å²) in [4.78, 5) is 15.4. The zero-order valence-corrected chi connectivity index (χ0v) is 24.2. The largest absolute Gasteiger partial charge is 0.390 e. The lowest BCUT2D eigenvalue weighted by Crippen LogP contribution is -2.49. The minimum absolute atomic E-state index is 0.000640. The van der Waals surface area contributed by atoms with E-state index in [1.54, 1.807) is 19.2 Å². The number of aliphatic hydroxyl groups is 2. The predicted octanol–water partition coefficient (Wildman–Crippen LogP) is 5.28. The van der Waals surface area contributed by atoms with E-state index in [9.17, 15) is 15.0 Å². The fourth-order valence-electron chi connectivity index (χ4n) is 6.54. The van der Waals surface area contributed by atoms with Crippen LogP contribution in [0.25, 0.3) is 0 Å². The number of likely N-dealkylation sites (tertiary alicyclic amines) is 1. The second-order valence-electron chi connectivity index (χ2n) is 12.0. The minimum atomic E-state index is -1.41. The van der Waals surface area contributed by atoms with Crippen LogP contribution in [0.15, 0.2) is 18.2 Å². The number of carbonyl (C=O) groups excluding carboxylic acids is 1. The number of unbranched alkanes of at least 4 members (excludes halogenated alkanes) is 1. The summed E-state index contributed by atoms with van der Waals surface area (Å²) in [6.45, 7) is 4.33. The number of hydrogen-bond donors (Lipinski definition) is 3. The van der Waals surface area contributed by atoms with Crippen LogP contribution >= 0.6 is 11.6 Å². The van der Waals surface area contributed by atoms with Crippen LogP contribution in [-0.2, 0) is 15.1 Å². The molecule has 0 radical (unpaired) electrons. The molecule has 1 aromatic carbocycles. The van der Waals surface area contributed by atoms with Crippen LogP contribution in [-0.4, -0.2) is 67.0 Å². The molecular weight excluding hydrogens is 507 g/mol. The zero-order valence-electron chi connectivity index (χ0n) is 23.5. The summed E-state index contributed by atoms with van der Waals surface area (Å²) in [5, 5.41) is 25.6. The monoisotopic (exact) mass is 554 g/mol. The summed E-state index contributed by atoms with van der Waals surface area (Å²) in [5.74, 6) is -0.00445. The molecule has 6 nitrogen and oxygen atoms in total. The van der Waals surface area contributed by atoms with Crippen LogP contribution in [0.1, 0.15) is 83.1 Å².